The van der Waals surface area contributed by atoms with Crippen molar-refractivity contribution in [2.24, 2.45) is 0 Å². The normalized spacial score (nSPS) is 10.8. The molecule has 4 nitrogen and oxygen atoms in total. The molecule has 4 heteroatoms. The van der Waals surface area contributed by atoms with E-state index >= 15 is 0 Å². The molecule has 0 radical (unpaired) electrons. The molecule has 2 heterocycles. The second-order valence-corrected chi connectivity index (χ2v) is 4.26. The summed E-state index contributed by atoms with van der Waals surface area (Å²) < 4.78 is 7.37. The first-order chi connectivity index (χ1) is 9.33. The fourth-order valence-electron chi connectivity index (χ4n) is 2.22. The maximum absolute atomic E-state index is 5.28. The van der Waals surface area contributed by atoms with Crippen molar-refractivity contribution >= 4 is 11.2 Å². The summed E-state index contributed by atoms with van der Waals surface area (Å²) in [6, 6.07) is 11.8. The van der Waals surface area contributed by atoms with E-state index in [4.69, 9.17) is 4.74 Å². The molecule has 0 atom stereocenters. The Morgan fingerprint density at radius 2 is 2.11 bits per heavy atom. The van der Waals surface area contributed by atoms with Gasteiger partial charge in [-0.25, -0.2) is 9.97 Å². The van der Waals surface area contributed by atoms with Crippen LogP contribution in [0.2, 0.25) is 0 Å². The summed E-state index contributed by atoms with van der Waals surface area (Å²) in [6.45, 7) is 2.10. The van der Waals surface area contributed by atoms with Gasteiger partial charge >= 0.3 is 0 Å². The van der Waals surface area contributed by atoms with Crippen molar-refractivity contribution in [3.8, 4) is 11.4 Å². The Morgan fingerprint density at radius 3 is 2.89 bits per heavy atom. The lowest BCUT2D eigenvalue weighted by molar-refractivity contribution is 0.414. The Morgan fingerprint density at radius 1 is 1.21 bits per heavy atom. The van der Waals surface area contributed by atoms with E-state index in [2.05, 4.69) is 21.5 Å². The van der Waals surface area contributed by atoms with Gasteiger partial charge in [-0.3, -0.25) is 4.57 Å². The van der Waals surface area contributed by atoms with Crippen LogP contribution in [0.5, 0.6) is 5.75 Å². The number of pyridine rings is 1. The fourth-order valence-corrected chi connectivity index (χ4v) is 2.22. The van der Waals surface area contributed by atoms with Crippen LogP contribution in [0.1, 0.15) is 12.7 Å². The van der Waals surface area contributed by atoms with Gasteiger partial charge in [0.1, 0.15) is 17.1 Å². The summed E-state index contributed by atoms with van der Waals surface area (Å²) >= 11 is 0. The van der Waals surface area contributed by atoms with Gasteiger partial charge in [0.15, 0.2) is 5.65 Å². The lowest BCUT2D eigenvalue weighted by Crippen LogP contribution is -2.01. The minimum Gasteiger partial charge on any atom is -0.497 e. The number of nitrogens with zero attached hydrogens (tertiary/aromatic N) is 3. The van der Waals surface area contributed by atoms with Crippen molar-refractivity contribution in [2.45, 2.75) is 13.3 Å². The third-order valence-corrected chi connectivity index (χ3v) is 3.11. The number of hydrogen-bond acceptors (Lipinski definition) is 3. The smallest absolute Gasteiger partial charge is 0.164 e. The molecule has 0 aliphatic heterocycles. The highest BCUT2D eigenvalue weighted by Crippen LogP contribution is 2.23. The molecule has 2 aromatic heterocycles. The molecule has 0 aliphatic carbocycles. The van der Waals surface area contributed by atoms with Crippen molar-refractivity contribution in [3.05, 3.63) is 48.4 Å². The van der Waals surface area contributed by atoms with Gasteiger partial charge in [0.2, 0.25) is 0 Å². The molecule has 1 aromatic carbocycles. The van der Waals surface area contributed by atoms with Crippen molar-refractivity contribution in [3.63, 3.8) is 0 Å². The van der Waals surface area contributed by atoms with Crippen molar-refractivity contribution in [1.82, 2.24) is 14.5 Å². The monoisotopic (exact) mass is 253 g/mol. The fraction of sp³-hybridized carbons (Fsp3) is 0.200. The number of hydrogen-bond donors (Lipinski definition) is 0. The third kappa shape index (κ3) is 1.95. The van der Waals surface area contributed by atoms with Crippen LogP contribution in [-0.4, -0.2) is 21.6 Å². The molecule has 0 spiro atoms. The molecule has 0 saturated carbocycles. The average Bonchev–Trinajstić information content (AvgIpc) is 2.85. The summed E-state index contributed by atoms with van der Waals surface area (Å²) in [5.74, 6) is 1.83. The molecule has 0 aliphatic rings. The van der Waals surface area contributed by atoms with Gasteiger partial charge in [0.25, 0.3) is 0 Å². The molecule has 3 rings (SSSR count). The molecule has 19 heavy (non-hydrogen) atoms. The van der Waals surface area contributed by atoms with Gasteiger partial charge in [0.05, 0.1) is 12.8 Å². The maximum atomic E-state index is 5.28. The number of methoxy groups -OCH3 is 1. The van der Waals surface area contributed by atoms with E-state index in [9.17, 15) is 0 Å². The third-order valence-electron chi connectivity index (χ3n) is 3.11. The van der Waals surface area contributed by atoms with Gasteiger partial charge in [-0.2, -0.15) is 0 Å². The molecule has 0 fully saturated rings. The van der Waals surface area contributed by atoms with E-state index in [1.807, 2.05) is 36.4 Å². The van der Waals surface area contributed by atoms with Crippen LogP contribution in [0.15, 0.2) is 42.6 Å². The number of aromatic nitrogens is 3. The van der Waals surface area contributed by atoms with Gasteiger partial charge in [0, 0.05) is 18.7 Å². The largest absolute Gasteiger partial charge is 0.497 e. The summed E-state index contributed by atoms with van der Waals surface area (Å²) in [4.78, 5) is 9.06. The number of imidazole rings is 1. The molecular formula is C15H15N3O. The van der Waals surface area contributed by atoms with Gasteiger partial charge in [-0.05, 0) is 24.3 Å². The van der Waals surface area contributed by atoms with Crippen LogP contribution >= 0.6 is 0 Å². The minimum atomic E-state index is 0.831. The number of fused-ring (bicyclic) bond motifs is 1. The van der Waals surface area contributed by atoms with Gasteiger partial charge in [-0.15, -0.1) is 0 Å². The molecular weight excluding hydrogens is 238 g/mol. The van der Waals surface area contributed by atoms with Crippen LogP contribution in [0.25, 0.3) is 16.9 Å². The zero-order valence-electron chi connectivity index (χ0n) is 11.0. The van der Waals surface area contributed by atoms with E-state index in [1.165, 1.54) is 0 Å². The first kappa shape index (κ1) is 11.7. The van der Waals surface area contributed by atoms with E-state index in [-0.39, 0.29) is 0 Å². The first-order valence-electron chi connectivity index (χ1n) is 6.30. The molecule has 0 N–H and O–H groups in total. The highest BCUT2D eigenvalue weighted by atomic mass is 16.5. The minimum absolute atomic E-state index is 0.831. The van der Waals surface area contributed by atoms with Crippen LogP contribution in [0.4, 0.5) is 0 Å². The molecule has 0 unspecified atom stereocenters. The topological polar surface area (TPSA) is 39.9 Å². The van der Waals surface area contributed by atoms with Crippen LogP contribution in [0.3, 0.4) is 0 Å². The van der Waals surface area contributed by atoms with Crippen LogP contribution in [0, 0.1) is 0 Å². The molecule has 96 valence electrons. The predicted molar refractivity (Wildman–Crippen MR) is 74.8 cm³/mol. The Hall–Kier alpha value is -2.36. The second-order valence-electron chi connectivity index (χ2n) is 4.26. The highest BCUT2D eigenvalue weighted by Gasteiger charge is 2.12. The van der Waals surface area contributed by atoms with E-state index < -0.39 is 0 Å². The predicted octanol–water partition coefficient (Wildman–Crippen LogP) is 2.99. The SMILES string of the molecule is CCc1nc2cccnc2n1-c1cccc(OC)c1. The summed E-state index contributed by atoms with van der Waals surface area (Å²) in [5.41, 5.74) is 2.83. The Labute approximate surface area is 111 Å². The second kappa shape index (κ2) is 4.72. The highest BCUT2D eigenvalue weighted by molar-refractivity contribution is 5.73. The van der Waals surface area contributed by atoms with Crippen molar-refractivity contribution < 1.29 is 4.74 Å². The number of aryl methyl sites for hydroxylation is 1. The lowest BCUT2D eigenvalue weighted by atomic mass is 10.3. The average molecular weight is 253 g/mol. The Bertz CT molecular complexity index is 718. The number of ether oxygens (including phenoxy) is 1. The Balaban J connectivity index is 2.27. The first-order valence-corrected chi connectivity index (χ1v) is 6.30. The van der Waals surface area contributed by atoms with E-state index in [1.54, 1.807) is 13.3 Å². The Kier molecular flexibility index (Phi) is 2.91. The van der Waals surface area contributed by atoms with E-state index in [0.29, 0.717) is 0 Å². The zero-order chi connectivity index (χ0) is 13.2. The van der Waals surface area contributed by atoms with Crippen molar-refractivity contribution in [1.29, 1.82) is 0 Å². The summed E-state index contributed by atoms with van der Waals surface area (Å²) in [6.07, 6.45) is 2.65. The molecule has 0 amide bonds. The standard InChI is InChI=1S/C15H15N3O/c1-3-14-17-13-8-5-9-16-15(13)18(14)11-6-4-7-12(10-11)19-2/h4-10H,3H2,1-2H3. The maximum Gasteiger partial charge on any atom is 0.164 e. The van der Waals surface area contributed by atoms with Crippen molar-refractivity contribution in [2.75, 3.05) is 7.11 Å². The molecule has 0 saturated heterocycles. The molecule has 3 aromatic rings. The number of benzene rings is 1. The van der Waals surface area contributed by atoms with Crippen LogP contribution in [-0.2, 0) is 6.42 Å². The molecule has 0 bridgehead atoms. The number of rotatable bonds is 3. The zero-order valence-corrected chi connectivity index (χ0v) is 11.0. The van der Waals surface area contributed by atoms with E-state index in [0.717, 1.165) is 34.8 Å². The van der Waals surface area contributed by atoms with Gasteiger partial charge in [-0.1, -0.05) is 13.0 Å². The summed E-state index contributed by atoms with van der Waals surface area (Å²) in [5, 5.41) is 0. The quantitative estimate of drug-likeness (QED) is 0.720. The van der Waals surface area contributed by atoms with Crippen LogP contribution < -0.4 is 4.74 Å². The summed E-state index contributed by atoms with van der Waals surface area (Å²) in [7, 11) is 1.67. The lowest BCUT2D eigenvalue weighted by Gasteiger charge is -2.09. The van der Waals surface area contributed by atoms with Gasteiger partial charge < -0.3 is 4.74 Å².